The fourth-order valence-corrected chi connectivity index (χ4v) is 3.08. The van der Waals surface area contributed by atoms with Crippen molar-refractivity contribution in [1.29, 1.82) is 0 Å². The van der Waals surface area contributed by atoms with Crippen molar-refractivity contribution < 1.29 is 9.90 Å². The monoisotopic (exact) mass is 286 g/mol. The van der Waals surface area contributed by atoms with Gasteiger partial charge in [0.25, 0.3) is 0 Å². The Morgan fingerprint density at radius 3 is 2.62 bits per heavy atom. The molecule has 0 bridgehead atoms. The van der Waals surface area contributed by atoms with E-state index in [0.29, 0.717) is 6.42 Å². The number of aliphatic carboxylic acids is 1. The molecule has 0 saturated carbocycles. The average molecular weight is 286 g/mol. The van der Waals surface area contributed by atoms with Gasteiger partial charge in [-0.05, 0) is 40.8 Å². The smallest absolute Gasteiger partial charge is 0.305 e. The highest BCUT2D eigenvalue weighted by Gasteiger charge is 2.29. The van der Waals surface area contributed by atoms with E-state index in [4.69, 9.17) is 5.11 Å². The highest BCUT2D eigenvalue weighted by Crippen LogP contribution is 2.33. The van der Waals surface area contributed by atoms with E-state index in [-0.39, 0.29) is 18.4 Å². The van der Waals surface area contributed by atoms with Crippen molar-refractivity contribution in [3.8, 4) is 0 Å². The van der Waals surface area contributed by atoms with Gasteiger partial charge in [-0.3, -0.25) is 4.79 Å². The van der Waals surface area contributed by atoms with E-state index >= 15 is 0 Å². The fraction of sp³-hybridized carbons (Fsp3) is 0.467. The molecule has 1 unspecified atom stereocenters. The van der Waals surface area contributed by atoms with Gasteiger partial charge < -0.3 is 5.11 Å². The average Bonchev–Trinajstić information content (AvgIpc) is 3.10. The minimum absolute atomic E-state index is 0.0498. The van der Waals surface area contributed by atoms with Crippen molar-refractivity contribution in [2.45, 2.75) is 44.6 Å². The topological polar surface area (TPSA) is 80.9 Å². The van der Waals surface area contributed by atoms with Crippen LogP contribution in [0.1, 0.15) is 48.7 Å². The van der Waals surface area contributed by atoms with Gasteiger partial charge in [-0.25, -0.2) is 4.68 Å². The Morgan fingerprint density at radius 1 is 1.38 bits per heavy atom. The molecule has 6 heteroatoms. The zero-order chi connectivity index (χ0) is 14.8. The van der Waals surface area contributed by atoms with Gasteiger partial charge in [-0.15, -0.1) is 5.10 Å². The lowest BCUT2D eigenvalue weighted by molar-refractivity contribution is -0.138. The van der Waals surface area contributed by atoms with Crippen LogP contribution in [-0.4, -0.2) is 31.3 Å². The van der Waals surface area contributed by atoms with Crippen LogP contribution in [0, 0.1) is 0 Å². The van der Waals surface area contributed by atoms with Crippen molar-refractivity contribution >= 4 is 5.97 Å². The first-order valence-electron chi connectivity index (χ1n) is 7.25. The summed E-state index contributed by atoms with van der Waals surface area (Å²) in [6.07, 6.45) is 2.58. The van der Waals surface area contributed by atoms with E-state index in [1.807, 2.05) is 19.1 Å². The summed E-state index contributed by atoms with van der Waals surface area (Å²) >= 11 is 0. The van der Waals surface area contributed by atoms with Gasteiger partial charge in [0.2, 0.25) is 0 Å². The quantitative estimate of drug-likeness (QED) is 0.909. The summed E-state index contributed by atoms with van der Waals surface area (Å²) < 4.78 is 1.71. The molecule has 21 heavy (non-hydrogen) atoms. The van der Waals surface area contributed by atoms with Crippen LogP contribution in [-0.2, 0) is 17.6 Å². The summed E-state index contributed by atoms with van der Waals surface area (Å²) in [4.78, 5) is 11.0. The molecule has 0 spiro atoms. The first-order valence-corrected chi connectivity index (χ1v) is 7.25. The van der Waals surface area contributed by atoms with E-state index in [0.717, 1.165) is 18.7 Å². The number of benzene rings is 1. The van der Waals surface area contributed by atoms with Crippen molar-refractivity contribution in [1.82, 2.24) is 20.2 Å². The Balaban J connectivity index is 1.85. The molecule has 0 fully saturated rings. The Morgan fingerprint density at radius 2 is 2.05 bits per heavy atom. The third-order valence-electron chi connectivity index (χ3n) is 4.16. The summed E-state index contributed by atoms with van der Waals surface area (Å²) in [6, 6.07) is 8.18. The number of fused-ring (bicyclic) bond motifs is 1. The molecule has 1 aromatic carbocycles. The molecule has 0 amide bonds. The molecule has 0 saturated heterocycles. The molecule has 6 nitrogen and oxygen atoms in total. The van der Waals surface area contributed by atoms with E-state index < -0.39 is 5.97 Å². The maximum absolute atomic E-state index is 11.0. The molecule has 0 radical (unpaired) electrons. The molecule has 1 aliphatic carbocycles. The highest BCUT2D eigenvalue weighted by molar-refractivity contribution is 5.67. The zero-order valence-corrected chi connectivity index (χ0v) is 11.9. The number of carboxylic acid groups (broad SMARTS) is 1. The predicted molar refractivity (Wildman–Crippen MR) is 76.0 cm³/mol. The second kappa shape index (κ2) is 5.63. The van der Waals surface area contributed by atoms with Crippen LogP contribution in [0.2, 0.25) is 0 Å². The Bertz CT molecular complexity index is 628. The van der Waals surface area contributed by atoms with E-state index in [1.54, 1.807) is 4.68 Å². The van der Waals surface area contributed by atoms with Crippen LogP contribution in [0.25, 0.3) is 0 Å². The maximum Gasteiger partial charge on any atom is 0.305 e. The van der Waals surface area contributed by atoms with E-state index in [1.165, 1.54) is 11.1 Å². The van der Waals surface area contributed by atoms with Crippen molar-refractivity contribution in [3.05, 3.63) is 41.2 Å². The standard InChI is InChI=1S/C15H18N4O2/c1-2-13(9-14(20)21)19-15(16-17-18-19)12-7-10-5-3-4-6-11(10)8-12/h3-6,12-13H,2,7-9H2,1H3,(H,20,21). The first-order chi connectivity index (χ1) is 10.2. The summed E-state index contributed by atoms with van der Waals surface area (Å²) in [5.41, 5.74) is 2.67. The van der Waals surface area contributed by atoms with Crippen LogP contribution in [0.5, 0.6) is 0 Å². The normalized spacial score (nSPS) is 15.9. The summed E-state index contributed by atoms with van der Waals surface area (Å²) in [5, 5.41) is 21.0. The first kappa shape index (κ1) is 13.7. The molecular formula is C15H18N4O2. The van der Waals surface area contributed by atoms with Gasteiger partial charge in [-0.1, -0.05) is 31.2 Å². The van der Waals surface area contributed by atoms with Gasteiger partial charge in [0.1, 0.15) is 0 Å². The SMILES string of the molecule is CCC(CC(=O)O)n1nnnc1C1Cc2ccccc2C1. The fourth-order valence-electron chi connectivity index (χ4n) is 3.08. The lowest BCUT2D eigenvalue weighted by Crippen LogP contribution is -2.19. The number of hydrogen-bond acceptors (Lipinski definition) is 4. The van der Waals surface area contributed by atoms with Gasteiger partial charge in [0, 0.05) is 5.92 Å². The number of carbonyl (C=O) groups is 1. The van der Waals surface area contributed by atoms with Gasteiger partial charge in [0.05, 0.1) is 12.5 Å². The lowest BCUT2D eigenvalue weighted by Gasteiger charge is -2.16. The Hall–Kier alpha value is -2.24. The zero-order valence-electron chi connectivity index (χ0n) is 11.9. The molecule has 1 atom stereocenters. The summed E-state index contributed by atoms with van der Waals surface area (Å²) in [6.45, 7) is 1.96. The van der Waals surface area contributed by atoms with E-state index in [2.05, 4.69) is 27.7 Å². The van der Waals surface area contributed by atoms with Crippen LogP contribution >= 0.6 is 0 Å². The van der Waals surface area contributed by atoms with Crippen molar-refractivity contribution in [2.75, 3.05) is 0 Å². The number of tetrazole rings is 1. The maximum atomic E-state index is 11.0. The molecule has 1 aromatic heterocycles. The van der Waals surface area contributed by atoms with Crippen LogP contribution in [0.15, 0.2) is 24.3 Å². The Kier molecular flexibility index (Phi) is 3.68. The van der Waals surface area contributed by atoms with Crippen molar-refractivity contribution in [2.24, 2.45) is 0 Å². The third kappa shape index (κ3) is 2.66. The molecule has 1 N–H and O–H groups in total. The lowest BCUT2D eigenvalue weighted by atomic mass is 10.0. The highest BCUT2D eigenvalue weighted by atomic mass is 16.4. The molecule has 3 rings (SSSR count). The molecule has 0 aliphatic heterocycles. The minimum atomic E-state index is -0.821. The van der Waals surface area contributed by atoms with Gasteiger partial charge >= 0.3 is 5.97 Å². The molecule has 1 aliphatic rings. The van der Waals surface area contributed by atoms with Crippen LogP contribution in [0.3, 0.4) is 0 Å². The number of nitrogens with zero attached hydrogens (tertiary/aromatic N) is 4. The number of carboxylic acids is 1. The minimum Gasteiger partial charge on any atom is -0.481 e. The second-order valence-electron chi connectivity index (χ2n) is 5.52. The molecule has 1 heterocycles. The summed E-state index contributed by atoms with van der Waals surface area (Å²) in [5.74, 6) is 0.220. The van der Waals surface area contributed by atoms with Crippen molar-refractivity contribution in [3.63, 3.8) is 0 Å². The van der Waals surface area contributed by atoms with Gasteiger partial charge in [0.15, 0.2) is 5.82 Å². The molecule has 2 aromatic rings. The number of aromatic nitrogens is 4. The number of hydrogen-bond donors (Lipinski definition) is 1. The molecule has 110 valence electrons. The largest absolute Gasteiger partial charge is 0.481 e. The van der Waals surface area contributed by atoms with Crippen LogP contribution in [0.4, 0.5) is 0 Å². The molecular weight excluding hydrogens is 268 g/mol. The van der Waals surface area contributed by atoms with Gasteiger partial charge in [-0.2, -0.15) is 0 Å². The summed E-state index contributed by atoms with van der Waals surface area (Å²) in [7, 11) is 0. The van der Waals surface area contributed by atoms with Crippen LogP contribution < -0.4 is 0 Å². The third-order valence-corrected chi connectivity index (χ3v) is 4.16. The van der Waals surface area contributed by atoms with E-state index in [9.17, 15) is 4.79 Å². The predicted octanol–water partition coefficient (Wildman–Crippen LogP) is 1.98. The Labute approximate surface area is 122 Å². The second-order valence-corrected chi connectivity index (χ2v) is 5.52. The number of rotatable bonds is 5.